The third-order valence-electron chi connectivity index (χ3n) is 1.63. The standard InChI is InChI=1S/C8H16NO8P/c1-9-2-3-16-18(12,13)17-5-8(15-7-11)4-14-6-10/h6-9H,2-5H2,1H3,(H,12,13). The van der Waals surface area contributed by atoms with Gasteiger partial charge in [-0.15, -0.1) is 0 Å². The first-order valence-corrected chi connectivity index (χ1v) is 6.46. The molecule has 0 amide bonds. The van der Waals surface area contributed by atoms with E-state index in [9.17, 15) is 19.0 Å². The Morgan fingerprint density at radius 2 is 2.00 bits per heavy atom. The van der Waals surface area contributed by atoms with E-state index in [1.807, 2.05) is 0 Å². The molecule has 0 aromatic carbocycles. The Kier molecular flexibility index (Phi) is 9.43. The number of hydrogen-bond donors (Lipinski definition) is 2. The summed E-state index contributed by atoms with van der Waals surface area (Å²) >= 11 is 0. The van der Waals surface area contributed by atoms with Crippen LogP contribution in [0.5, 0.6) is 0 Å². The summed E-state index contributed by atoms with van der Waals surface area (Å²) < 4.78 is 29.3. The number of carbonyl (C=O) groups excluding carboxylic acids is 2. The van der Waals surface area contributed by atoms with Crippen molar-refractivity contribution in [3.63, 3.8) is 0 Å². The molecule has 0 aliphatic carbocycles. The van der Waals surface area contributed by atoms with Gasteiger partial charge in [-0.3, -0.25) is 18.6 Å². The molecule has 0 heterocycles. The van der Waals surface area contributed by atoms with Gasteiger partial charge in [0.05, 0.1) is 13.2 Å². The highest BCUT2D eigenvalue weighted by Crippen LogP contribution is 2.42. The van der Waals surface area contributed by atoms with Crippen LogP contribution in [0.2, 0.25) is 0 Å². The van der Waals surface area contributed by atoms with Gasteiger partial charge >= 0.3 is 7.82 Å². The highest BCUT2D eigenvalue weighted by atomic mass is 31.2. The second kappa shape index (κ2) is 9.98. The van der Waals surface area contributed by atoms with Crippen LogP contribution in [-0.2, 0) is 32.7 Å². The lowest BCUT2D eigenvalue weighted by atomic mass is 10.4. The molecular weight excluding hydrogens is 269 g/mol. The van der Waals surface area contributed by atoms with Crippen molar-refractivity contribution in [1.29, 1.82) is 0 Å². The number of rotatable bonds is 12. The van der Waals surface area contributed by atoms with Crippen molar-refractivity contribution in [2.75, 3.05) is 33.4 Å². The minimum absolute atomic E-state index is 0.0195. The molecule has 10 heteroatoms. The van der Waals surface area contributed by atoms with E-state index >= 15 is 0 Å². The maximum Gasteiger partial charge on any atom is 0.472 e. The van der Waals surface area contributed by atoms with Crippen molar-refractivity contribution in [2.45, 2.75) is 6.10 Å². The molecule has 0 saturated carbocycles. The molecule has 2 unspecified atom stereocenters. The van der Waals surface area contributed by atoms with Gasteiger partial charge in [0.15, 0.2) is 6.10 Å². The molecule has 0 spiro atoms. The quantitative estimate of drug-likeness (QED) is 0.265. The number of hydrogen-bond acceptors (Lipinski definition) is 8. The highest BCUT2D eigenvalue weighted by molar-refractivity contribution is 7.47. The van der Waals surface area contributed by atoms with Crippen LogP contribution in [0.4, 0.5) is 0 Å². The summed E-state index contributed by atoms with van der Waals surface area (Å²) in [6.45, 7) is -0.0844. The maximum atomic E-state index is 11.3. The van der Waals surface area contributed by atoms with E-state index in [2.05, 4.69) is 23.8 Å². The number of phosphoric ester groups is 1. The van der Waals surface area contributed by atoms with Crippen LogP contribution < -0.4 is 5.32 Å². The zero-order valence-corrected chi connectivity index (χ0v) is 10.7. The second-order valence-corrected chi connectivity index (χ2v) is 4.44. The Morgan fingerprint density at radius 3 is 2.56 bits per heavy atom. The average Bonchev–Trinajstić information content (AvgIpc) is 2.33. The molecule has 0 aromatic rings. The zero-order chi connectivity index (χ0) is 13.9. The smallest absolute Gasteiger partial charge is 0.464 e. The highest BCUT2D eigenvalue weighted by Gasteiger charge is 2.23. The Hall–Kier alpha value is -0.990. The Labute approximate surface area is 104 Å². The fraction of sp³-hybridized carbons (Fsp3) is 0.750. The van der Waals surface area contributed by atoms with Crippen molar-refractivity contribution in [1.82, 2.24) is 5.32 Å². The summed E-state index contributed by atoms with van der Waals surface area (Å²) in [5, 5.41) is 2.71. The molecule has 0 radical (unpaired) electrons. The van der Waals surface area contributed by atoms with Gasteiger partial charge in [-0.2, -0.15) is 0 Å². The molecule has 9 nitrogen and oxygen atoms in total. The van der Waals surface area contributed by atoms with Crippen LogP contribution in [0.3, 0.4) is 0 Å². The van der Waals surface area contributed by atoms with Crippen LogP contribution in [0, 0.1) is 0 Å². The number of nitrogens with one attached hydrogen (secondary N) is 1. The minimum atomic E-state index is -4.21. The Balaban J connectivity index is 4.01. The fourth-order valence-electron chi connectivity index (χ4n) is 0.830. The van der Waals surface area contributed by atoms with E-state index in [1.165, 1.54) is 0 Å². The summed E-state index contributed by atoms with van der Waals surface area (Å²) in [6, 6.07) is 0. The predicted octanol–water partition coefficient (Wildman–Crippen LogP) is -0.946. The van der Waals surface area contributed by atoms with Crippen molar-refractivity contribution < 1.29 is 37.6 Å². The summed E-state index contributed by atoms with van der Waals surface area (Å²) in [6.07, 6.45) is -0.971. The topological polar surface area (TPSA) is 120 Å². The zero-order valence-electron chi connectivity index (χ0n) is 9.81. The van der Waals surface area contributed by atoms with Crippen molar-refractivity contribution in [2.24, 2.45) is 0 Å². The number of carbonyl (C=O) groups is 2. The van der Waals surface area contributed by atoms with Crippen molar-refractivity contribution >= 4 is 20.8 Å². The summed E-state index contributed by atoms with van der Waals surface area (Å²) in [5.41, 5.74) is 0. The van der Waals surface area contributed by atoms with Crippen molar-refractivity contribution in [3.8, 4) is 0 Å². The molecule has 2 N–H and O–H groups in total. The van der Waals surface area contributed by atoms with Crippen LogP contribution in [0.25, 0.3) is 0 Å². The van der Waals surface area contributed by atoms with Crippen LogP contribution in [0.15, 0.2) is 0 Å². The van der Waals surface area contributed by atoms with Gasteiger partial charge in [0, 0.05) is 6.54 Å². The minimum Gasteiger partial charge on any atom is -0.464 e. The monoisotopic (exact) mass is 285 g/mol. The molecule has 0 bridgehead atoms. The average molecular weight is 285 g/mol. The first-order valence-electron chi connectivity index (χ1n) is 4.96. The van der Waals surface area contributed by atoms with E-state index < -0.39 is 20.5 Å². The van der Waals surface area contributed by atoms with Gasteiger partial charge in [0.1, 0.15) is 6.61 Å². The maximum absolute atomic E-state index is 11.3. The number of ether oxygens (including phenoxy) is 2. The van der Waals surface area contributed by atoms with Gasteiger partial charge in [0.25, 0.3) is 12.9 Å². The molecule has 2 atom stereocenters. The van der Waals surface area contributed by atoms with E-state index in [0.717, 1.165) is 0 Å². The largest absolute Gasteiger partial charge is 0.472 e. The van der Waals surface area contributed by atoms with Gasteiger partial charge in [-0.05, 0) is 7.05 Å². The molecular formula is C8H16NO8P. The van der Waals surface area contributed by atoms with Crippen molar-refractivity contribution in [3.05, 3.63) is 0 Å². The molecule has 0 saturated heterocycles. The normalized spacial score (nSPS) is 15.4. The lowest BCUT2D eigenvalue weighted by molar-refractivity contribution is -0.144. The molecule has 18 heavy (non-hydrogen) atoms. The molecule has 106 valence electrons. The van der Waals surface area contributed by atoms with E-state index in [-0.39, 0.29) is 26.2 Å². The first-order chi connectivity index (χ1) is 8.55. The molecule has 0 aliphatic heterocycles. The lowest BCUT2D eigenvalue weighted by Gasteiger charge is -2.16. The molecule has 0 aliphatic rings. The summed E-state index contributed by atoms with van der Waals surface area (Å²) in [5.74, 6) is 0. The van der Waals surface area contributed by atoms with Gasteiger partial charge in [0.2, 0.25) is 0 Å². The summed E-state index contributed by atoms with van der Waals surface area (Å²) in [4.78, 5) is 29.3. The van der Waals surface area contributed by atoms with Gasteiger partial charge < -0.3 is 19.7 Å². The third kappa shape index (κ3) is 9.08. The second-order valence-electron chi connectivity index (χ2n) is 2.98. The molecule has 0 fully saturated rings. The van der Waals surface area contributed by atoms with Gasteiger partial charge in [-0.1, -0.05) is 0 Å². The van der Waals surface area contributed by atoms with Crippen LogP contribution in [0.1, 0.15) is 0 Å². The van der Waals surface area contributed by atoms with E-state index in [4.69, 9.17) is 0 Å². The molecule has 0 aromatic heterocycles. The Bertz CT molecular complexity index is 286. The Morgan fingerprint density at radius 1 is 1.28 bits per heavy atom. The molecule has 0 rings (SSSR count). The first kappa shape index (κ1) is 17.0. The van der Waals surface area contributed by atoms with E-state index in [0.29, 0.717) is 6.54 Å². The summed E-state index contributed by atoms with van der Waals surface area (Å²) in [7, 11) is -2.56. The number of phosphoric acid groups is 1. The third-order valence-corrected chi connectivity index (χ3v) is 2.61. The predicted molar refractivity (Wildman–Crippen MR) is 58.6 cm³/mol. The van der Waals surface area contributed by atoms with Gasteiger partial charge in [-0.25, -0.2) is 4.57 Å². The van der Waals surface area contributed by atoms with Crippen LogP contribution in [-0.4, -0.2) is 57.4 Å². The fourth-order valence-corrected chi connectivity index (χ4v) is 1.58. The lowest BCUT2D eigenvalue weighted by Crippen LogP contribution is -2.25. The van der Waals surface area contributed by atoms with E-state index in [1.54, 1.807) is 7.05 Å². The number of likely N-dealkylation sites (N-methyl/N-ethyl adjacent to an activating group) is 1. The SMILES string of the molecule is CNCCOP(=O)(O)OCC(COC=O)OC=O. The van der Waals surface area contributed by atoms with Crippen LogP contribution >= 0.6 is 7.82 Å².